The molecule has 0 saturated carbocycles. The van der Waals surface area contributed by atoms with E-state index in [4.69, 9.17) is 23.2 Å². The SMILES string of the molecule is CCS(=O)(=O)c1ccc(O)c(NC(=O)c2cc(F)c(Cl)cc2Cl)c1. The van der Waals surface area contributed by atoms with Crippen molar-refractivity contribution in [3.8, 4) is 5.75 Å². The lowest BCUT2D eigenvalue weighted by Crippen LogP contribution is -2.14. The van der Waals surface area contributed by atoms with Crippen molar-refractivity contribution < 1.29 is 22.7 Å². The van der Waals surface area contributed by atoms with E-state index in [1.54, 1.807) is 0 Å². The molecule has 2 aromatic carbocycles. The van der Waals surface area contributed by atoms with Crippen LogP contribution in [-0.2, 0) is 9.84 Å². The van der Waals surface area contributed by atoms with Gasteiger partial charge in [0.2, 0.25) is 0 Å². The van der Waals surface area contributed by atoms with Crippen molar-refractivity contribution in [2.75, 3.05) is 11.1 Å². The van der Waals surface area contributed by atoms with Crippen LogP contribution in [0.1, 0.15) is 17.3 Å². The number of halogens is 3. The molecule has 0 heterocycles. The number of nitrogens with one attached hydrogen (secondary N) is 1. The Hall–Kier alpha value is -1.83. The summed E-state index contributed by atoms with van der Waals surface area (Å²) in [7, 11) is -3.52. The summed E-state index contributed by atoms with van der Waals surface area (Å²) in [5.74, 6) is -2.14. The second-order valence-electron chi connectivity index (χ2n) is 4.78. The van der Waals surface area contributed by atoms with Crippen LogP contribution in [-0.4, -0.2) is 25.2 Å². The van der Waals surface area contributed by atoms with Gasteiger partial charge in [0.1, 0.15) is 11.6 Å². The summed E-state index contributed by atoms with van der Waals surface area (Å²) in [6.45, 7) is 1.47. The van der Waals surface area contributed by atoms with E-state index in [9.17, 15) is 22.7 Å². The molecule has 0 aromatic heterocycles. The number of amides is 1. The Morgan fingerprint density at radius 1 is 1.21 bits per heavy atom. The zero-order valence-corrected chi connectivity index (χ0v) is 14.6. The highest BCUT2D eigenvalue weighted by molar-refractivity contribution is 7.91. The molecule has 0 fully saturated rings. The van der Waals surface area contributed by atoms with Gasteiger partial charge in [0.15, 0.2) is 9.84 Å². The monoisotopic (exact) mass is 391 g/mol. The summed E-state index contributed by atoms with van der Waals surface area (Å²) < 4.78 is 37.3. The summed E-state index contributed by atoms with van der Waals surface area (Å²) in [5.41, 5.74) is -0.345. The van der Waals surface area contributed by atoms with Crippen LogP contribution in [0.25, 0.3) is 0 Å². The molecule has 24 heavy (non-hydrogen) atoms. The van der Waals surface area contributed by atoms with Crippen molar-refractivity contribution in [3.05, 3.63) is 51.8 Å². The molecule has 5 nitrogen and oxygen atoms in total. The zero-order valence-electron chi connectivity index (χ0n) is 12.3. The smallest absolute Gasteiger partial charge is 0.257 e. The van der Waals surface area contributed by atoms with Gasteiger partial charge in [-0.3, -0.25) is 4.79 Å². The van der Waals surface area contributed by atoms with Crippen LogP contribution in [0.5, 0.6) is 5.75 Å². The number of anilines is 1. The Labute approximate surface area is 147 Å². The Morgan fingerprint density at radius 2 is 1.88 bits per heavy atom. The predicted molar refractivity (Wildman–Crippen MR) is 90.2 cm³/mol. The average molecular weight is 392 g/mol. The minimum absolute atomic E-state index is 0.0634. The fourth-order valence-corrected chi connectivity index (χ4v) is 3.24. The molecule has 0 aliphatic carbocycles. The first-order valence-electron chi connectivity index (χ1n) is 6.67. The highest BCUT2D eigenvalue weighted by Gasteiger charge is 2.18. The maximum atomic E-state index is 13.5. The minimum atomic E-state index is -3.52. The van der Waals surface area contributed by atoms with Gasteiger partial charge in [0.05, 0.1) is 31.9 Å². The van der Waals surface area contributed by atoms with Crippen molar-refractivity contribution in [2.24, 2.45) is 0 Å². The van der Waals surface area contributed by atoms with Gasteiger partial charge in [-0.1, -0.05) is 30.1 Å². The first kappa shape index (κ1) is 18.5. The van der Waals surface area contributed by atoms with Crippen molar-refractivity contribution in [3.63, 3.8) is 0 Å². The van der Waals surface area contributed by atoms with Crippen molar-refractivity contribution >= 4 is 44.6 Å². The molecule has 0 bridgehead atoms. The maximum Gasteiger partial charge on any atom is 0.257 e. The van der Waals surface area contributed by atoms with Gasteiger partial charge in [-0.25, -0.2) is 12.8 Å². The van der Waals surface area contributed by atoms with Gasteiger partial charge < -0.3 is 10.4 Å². The van der Waals surface area contributed by atoms with Crippen LogP contribution in [0.2, 0.25) is 10.0 Å². The average Bonchev–Trinajstić information content (AvgIpc) is 2.52. The molecular weight excluding hydrogens is 380 g/mol. The molecule has 128 valence electrons. The minimum Gasteiger partial charge on any atom is -0.506 e. The molecule has 0 aliphatic heterocycles. The Bertz CT molecular complexity index is 916. The third-order valence-corrected chi connectivity index (χ3v) is 5.54. The quantitative estimate of drug-likeness (QED) is 0.611. The number of rotatable bonds is 4. The van der Waals surface area contributed by atoms with Gasteiger partial charge >= 0.3 is 0 Å². The van der Waals surface area contributed by atoms with Crippen LogP contribution >= 0.6 is 23.2 Å². The maximum absolute atomic E-state index is 13.5. The summed E-state index contributed by atoms with van der Waals surface area (Å²) in [6.07, 6.45) is 0. The van der Waals surface area contributed by atoms with Crippen molar-refractivity contribution in [1.29, 1.82) is 0 Å². The molecule has 2 N–H and O–H groups in total. The number of phenolic OH excluding ortho intramolecular Hbond substituents is 1. The molecule has 2 rings (SSSR count). The standard InChI is InChI=1S/C15H12Cl2FNO4S/c1-2-24(22,23)8-3-4-14(20)13(5-8)19-15(21)9-6-12(18)11(17)7-10(9)16/h3-7,20H,2H2,1H3,(H,19,21). The summed E-state index contributed by atoms with van der Waals surface area (Å²) >= 11 is 11.4. The zero-order chi connectivity index (χ0) is 18.1. The molecule has 0 aliphatic rings. The van der Waals surface area contributed by atoms with E-state index < -0.39 is 21.6 Å². The molecule has 0 radical (unpaired) electrons. The van der Waals surface area contributed by atoms with Gasteiger partial charge in [-0.15, -0.1) is 0 Å². The number of aromatic hydroxyl groups is 1. The van der Waals surface area contributed by atoms with E-state index in [0.29, 0.717) is 0 Å². The first-order chi connectivity index (χ1) is 11.2. The van der Waals surface area contributed by atoms with Gasteiger partial charge in [0.25, 0.3) is 5.91 Å². The number of sulfone groups is 1. The Morgan fingerprint density at radius 3 is 2.50 bits per heavy atom. The second-order valence-corrected chi connectivity index (χ2v) is 7.88. The van der Waals surface area contributed by atoms with E-state index >= 15 is 0 Å². The van der Waals surface area contributed by atoms with Crippen molar-refractivity contribution in [2.45, 2.75) is 11.8 Å². The van der Waals surface area contributed by atoms with Crippen LogP contribution in [0, 0.1) is 5.82 Å². The molecule has 0 atom stereocenters. The van der Waals surface area contributed by atoms with E-state index in [1.165, 1.54) is 13.0 Å². The van der Waals surface area contributed by atoms with Crippen LogP contribution in [0.4, 0.5) is 10.1 Å². The fraction of sp³-hybridized carbons (Fsp3) is 0.133. The number of carbonyl (C=O) groups is 1. The van der Waals surface area contributed by atoms with E-state index in [2.05, 4.69) is 5.32 Å². The third kappa shape index (κ3) is 3.80. The predicted octanol–water partition coefficient (Wildman–Crippen LogP) is 3.88. The lowest BCUT2D eigenvalue weighted by molar-refractivity contribution is 0.102. The van der Waals surface area contributed by atoms with E-state index in [0.717, 1.165) is 24.3 Å². The largest absolute Gasteiger partial charge is 0.506 e. The van der Waals surface area contributed by atoms with Gasteiger partial charge in [-0.05, 0) is 30.3 Å². The van der Waals surface area contributed by atoms with Gasteiger partial charge in [-0.2, -0.15) is 0 Å². The molecular formula is C15H12Cl2FNO4S. The number of hydrogen-bond acceptors (Lipinski definition) is 4. The highest BCUT2D eigenvalue weighted by atomic mass is 35.5. The number of benzene rings is 2. The molecule has 2 aromatic rings. The van der Waals surface area contributed by atoms with Crippen LogP contribution in [0.3, 0.4) is 0 Å². The second kappa shape index (κ2) is 6.96. The van der Waals surface area contributed by atoms with Crippen LogP contribution < -0.4 is 5.32 Å². The summed E-state index contributed by atoms with van der Waals surface area (Å²) in [5, 5.41) is 11.8. The number of phenols is 1. The topological polar surface area (TPSA) is 83.5 Å². The lowest BCUT2D eigenvalue weighted by Gasteiger charge is -2.11. The Kier molecular flexibility index (Phi) is 5.37. The number of carbonyl (C=O) groups excluding carboxylic acids is 1. The third-order valence-electron chi connectivity index (χ3n) is 3.21. The van der Waals surface area contributed by atoms with Crippen LogP contribution in [0.15, 0.2) is 35.2 Å². The summed E-state index contributed by atoms with van der Waals surface area (Å²) in [6, 6.07) is 5.40. The summed E-state index contributed by atoms with van der Waals surface area (Å²) in [4.78, 5) is 12.2. The normalized spacial score (nSPS) is 11.3. The first-order valence-corrected chi connectivity index (χ1v) is 9.08. The molecule has 0 unspecified atom stereocenters. The molecule has 0 saturated heterocycles. The highest BCUT2D eigenvalue weighted by Crippen LogP contribution is 2.29. The van der Waals surface area contributed by atoms with Crippen molar-refractivity contribution in [1.82, 2.24) is 0 Å². The lowest BCUT2D eigenvalue weighted by atomic mass is 10.2. The molecule has 1 amide bonds. The van der Waals surface area contributed by atoms with Gasteiger partial charge in [0, 0.05) is 0 Å². The Balaban J connectivity index is 2.39. The van der Waals surface area contributed by atoms with E-state index in [1.807, 2.05) is 0 Å². The fourth-order valence-electron chi connectivity index (χ4n) is 1.86. The molecule has 0 spiro atoms. The number of hydrogen-bond donors (Lipinski definition) is 2. The van der Waals surface area contributed by atoms with E-state index in [-0.39, 0.29) is 37.7 Å². The molecule has 9 heteroatoms.